The predicted molar refractivity (Wildman–Crippen MR) is 92.3 cm³/mol. The Kier molecular flexibility index (Phi) is 3.87. The molecule has 0 fully saturated rings. The van der Waals surface area contributed by atoms with Gasteiger partial charge in [-0.2, -0.15) is 5.10 Å². The zero-order valence-corrected chi connectivity index (χ0v) is 14.5. The quantitative estimate of drug-likeness (QED) is 0.799. The zero-order valence-electron chi connectivity index (χ0n) is 14.5. The van der Waals surface area contributed by atoms with Crippen LogP contribution in [0.2, 0.25) is 0 Å². The van der Waals surface area contributed by atoms with Crippen LogP contribution in [0.4, 0.5) is 0 Å². The number of aromatic nitrogens is 5. The summed E-state index contributed by atoms with van der Waals surface area (Å²) in [5.41, 5.74) is 1.54. The van der Waals surface area contributed by atoms with Crippen molar-refractivity contribution in [3.8, 4) is 17.1 Å². The first-order valence-electron chi connectivity index (χ1n) is 7.87. The van der Waals surface area contributed by atoms with Crippen molar-refractivity contribution in [3.05, 3.63) is 34.5 Å². The summed E-state index contributed by atoms with van der Waals surface area (Å²) in [7, 11) is 1.56. The van der Waals surface area contributed by atoms with Crippen LogP contribution in [-0.4, -0.2) is 31.8 Å². The molecule has 3 aromatic rings. The lowest BCUT2D eigenvalue weighted by atomic mass is 10.1. The summed E-state index contributed by atoms with van der Waals surface area (Å²) in [4.78, 5) is 24.3. The van der Waals surface area contributed by atoms with Gasteiger partial charge in [-0.1, -0.05) is 6.92 Å². The molecule has 3 heterocycles. The molecule has 0 saturated heterocycles. The Labute approximate surface area is 139 Å². The molecule has 0 saturated carbocycles. The van der Waals surface area contributed by atoms with Gasteiger partial charge in [0.1, 0.15) is 17.0 Å². The van der Waals surface area contributed by atoms with E-state index in [0.29, 0.717) is 34.6 Å². The SMILES string of the molecule is CCc1nn(C(C)(C)C)c2nc(-c3ccncc3OC)[nH]c(=O)c12. The van der Waals surface area contributed by atoms with E-state index < -0.39 is 0 Å². The van der Waals surface area contributed by atoms with Crippen molar-refractivity contribution in [3.63, 3.8) is 0 Å². The fourth-order valence-electron chi connectivity index (χ4n) is 2.67. The van der Waals surface area contributed by atoms with E-state index in [1.54, 1.807) is 25.6 Å². The lowest BCUT2D eigenvalue weighted by Gasteiger charge is -2.20. The van der Waals surface area contributed by atoms with Crippen LogP contribution in [0.15, 0.2) is 23.3 Å². The van der Waals surface area contributed by atoms with Gasteiger partial charge in [0.15, 0.2) is 5.65 Å². The van der Waals surface area contributed by atoms with Gasteiger partial charge in [-0.15, -0.1) is 0 Å². The van der Waals surface area contributed by atoms with Crippen LogP contribution in [0.3, 0.4) is 0 Å². The Bertz CT molecular complexity index is 950. The van der Waals surface area contributed by atoms with Crippen molar-refractivity contribution in [2.24, 2.45) is 0 Å². The fraction of sp³-hybridized carbons (Fsp3) is 0.412. The van der Waals surface area contributed by atoms with E-state index in [1.807, 2.05) is 32.4 Å². The lowest BCUT2D eigenvalue weighted by molar-refractivity contribution is 0.363. The number of hydrogen-bond acceptors (Lipinski definition) is 5. The first kappa shape index (κ1) is 16.2. The van der Waals surface area contributed by atoms with Crippen molar-refractivity contribution >= 4 is 11.0 Å². The minimum absolute atomic E-state index is 0.193. The number of aromatic amines is 1. The average Bonchev–Trinajstić information content (AvgIpc) is 2.94. The number of methoxy groups -OCH3 is 1. The Balaban J connectivity index is 2.36. The number of ether oxygens (including phenoxy) is 1. The van der Waals surface area contributed by atoms with Gasteiger partial charge in [-0.25, -0.2) is 9.67 Å². The highest BCUT2D eigenvalue weighted by Gasteiger charge is 2.24. The van der Waals surface area contributed by atoms with E-state index in [9.17, 15) is 4.79 Å². The molecule has 126 valence electrons. The van der Waals surface area contributed by atoms with Crippen LogP contribution >= 0.6 is 0 Å². The molecule has 24 heavy (non-hydrogen) atoms. The van der Waals surface area contributed by atoms with Gasteiger partial charge in [-0.05, 0) is 33.3 Å². The van der Waals surface area contributed by atoms with Crippen molar-refractivity contribution in [2.75, 3.05) is 7.11 Å². The molecule has 0 aliphatic rings. The second-order valence-corrected chi connectivity index (χ2v) is 6.57. The number of nitrogens with one attached hydrogen (secondary N) is 1. The molecule has 0 radical (unpaired) electrons. The van der Waals surface area contributed by atoms with Crippen LogP contribution < -0.4 is 10.3 Å². The van der Waals surface area contributed by atoms with Gasteiger partial charge < -0.3 is 9.72 Å². The topological polar surface area (TPSA) is 85.7 Å². The molecule has 0 bridgehead atoms. The number of fused-ring (bicyclic) bond motifs is 1. The number of rotatable bonds is 3. The van der Waals surface area contributed by atoms with E-state index in [4.69, 9.17) is 4.74 Å². The predicted octanol–water partition coefficient (Wildman–Crippen LogP) is 2.51. The van der Waals surface area contributed by atoms with Crippen LogP contribution in [0.1, 0.15) is 33.4 Å². The van der Waals surface area contributed by atoms with Crippen molar-refractivity contribution in [1.29, 1.82) is 0 Å². The standard InChI is InChI=1S/C17H21N5O2/c1-6-11-13-15(22(21-11)17(2,3)4)19-14(20-16(13)23)10-7-8-18-9-12(10)24-5/h7-9H,6H2,1-5H3,(H,19,20,23). The van der Waals surface area contributed by atoms with Crippen LogP contribution in [0, 0.1) is 0 Å². The molecule has 7 heteroatoms. The lowest BCUT2D eigenvalue weighted by Crippen LogP contribution is -2.24. The smallest absolute Gasteiger partial charge is 0.262 e. The van der Waals surface area contributed by atoms with E-state index in [1.165, 1.54) is 0 Å². The minimum Gasteiger partial charge on any atom is -0.494 e. The molecular formula is C17H21N5O2. The van der Waals surface area contributed by atoms with E-state index in [0.717, 1.165) is 5.69 Å². The number of nitrogens with zero attached hydrogens (tertiary/aromatic N) is 4. The van der Waals surface area contributed by atoms with Crippen molar-refractivity contribution in [2.45, 2.75) is 39.7 Å². The van der Waals surface area contributed by atoms with Gasteiger partial charge in [0.05, 0.1) is 30.1 Å². The number of hydrogen-bond donors (Lipinski definition) is 1. The third kappa shape index (κ3) is 2.55. The normalized spacial score (nSPS) is 11.9. The summed E-state index contributed by atoms with van der Waals surface area (Å²) >= 11 is 0. The van der Waals surface area contributed by atoms with Gasteiger partial charge >= 0.3 is 0 Å². The summed E-state index contributed by atoms with van der Waals surface area (Å²) in [6.07, 6.45) is 3.90. The molecule has 0 aromatic carbocycles. The molecule has 0 spiro atoms. The van der Waals surface area contributed by atoms with Crippen molar-refractivity contribution < 1.29 is 4.74 Å². The second-order valence-electron chi connectivity index (χ2n) is 6.57. The number of aryl methyl sites for hydroxylation is 1. The third-order valence-corrected chi connectivity index (χ3v) is 3.84. The molecule has 7 nitrogen and oxygen atoms in total. The summed E-state index contributed by atoms with van der Waals surface area (Å²) < 4.78 is 7.14. The molecule has 0 unspecified atom stereocenters. The highest BCUT2D eigenvalue weighted by molar-refractivity contribution is 5.80. The van der Waals surface area contributed by atoms with Crippen LogP contribution in [0.25, 0.3) is 22.4 Å². The first-order chi connectivity index (χ1) is 11.4. The first-order valence-corrected chi connectivity index (χ1v) is 7.87. The maximum Gasteiger partial charge on any atom is 0.262 e. The van der Waals surface area contributed by atoms with Gasteiger partial charge in [0.25, 0.3) is 5.56 Å². The van der Waals surface area contributed by atoms with Crippen LogP contribution in [-0.2, 0) is 12.0 Å². The fourth-order valence-corrected chi connectivity index (χ4v) is 2.67. The highest BCUT2D eigenvalue weighted by Crippen LogP contribution is 2.28. The summed E-state index contributed by atoms with van der Waals surface area (Å²) in [6, 6.07) is 1.77. The molecule has 0 aliphatic heterocycles. The van der Waals surface area contributed by atoms with Crippen molar-refractivity contribution in [1.82, 2.24) is 24.7 Å². The monoisotopic (exact) mass is 327 g/mol. The molecular weight excluding hydrogens is 306 g/mol. The van der Waals surface area contributed by atoms with E-state index in [-0.39, 0.29) is 11.1 Å². The maximum atomic E-state index is 12.7. The minimum atomic E-state index is -0.286. The third-order valence-electron chi connectivity index (χ3n) is 3.84. The second kappa shape index (κ2) is 5.74. The summed E-state index contributed by atoms with van der Waals surface area (Å²) in [6.45, 7) is 8.09. The summed E-state index contributed by atoms with van der Waals surface area (Å²) in [5.74, 6) is 0.998. The van der Waals surface area contributed by atoms with Crippen LogP contribution in [0.5, 0.6) is 5.75 Å². The Hall–Kier alpha value is -2.70. The number of H-pyrrole nitrogens is 1. The van der Waals surface area contributed by atoms with Gasteiger partial charge in [0.2, 0.25) is 0 Å². The maximum absolute atomic E-state index is 12.7. The van der Waals surface area contributed by atoms with Gasteiger partial charge in [0, 0.05) is 6.20 Å². The van der Waals surface area contributed by atoms with E-state index in [2.05, 4.69) is 20.1 Å². The average molecular weight is 327 g/mol. The zero-order chi connectivity index (χ0) is 17.5. The Morgan fingerprint density at radius 3 is 2.71 bits per heavy atom. The number of pyridine rings is 1. The molecule has 1 N–H and O–H groups in total. The molecule has 0 atom stereocenters. The Morgan fingerprint density at radius 2 is 2.08 bits per heavy atom. The summed E-state index contributed by atoms with van der Waals surface area (Å²) in [5, 5.41) is 5.15. The van der Waals surface area contributed by atoms with Gasteiger partial charge in [-0.3, -0.25) is 9.78 Å². The molecule has 3 aromatic heterocycles. The molecule has 3 rings (SSSR count). The molecule has 0 aliphatic carbocycles. The largest absolute Gasteiger partial charge is 0.494 e. The Morgan fingerprint density at radius 1 is 1.33 bits per heavy atom. The van der Waals surface area contributed by atoms with E-state index >= 15 is 0 Å². The molecule has 0 amide bonds. The highest BCUT2D eigenvalue weighted by atomic mass is 16.5.